The summed E-state index contributed by atoms with van der Waals surface area (Å²) in [5.74, 6) is 2.01. The topological polar surface area (TPSA) is 79.2 Å². The lowest BCUT2D eigenvalue weighted by Crippen LogP contribution is -2.36. The standard InChI is InChI=1S/C22H28F3N7O/c23-22(24,25)18-13-32(10-9-30-5-1-2-6-30)20(29-18)15-3-7-31(8-4-15)21-17-11-16(33)12-26-19(17)27-14-28-21/h13-15H,1-12H2,(H,26,27,28). The first kappa shape index (κ1) is 22.1. The molecule has 0 saturated carbocycles. The summed E-state index contributed by atoms with van der Waals surface area (Å²) >= 11 is 0. The molecule has 2 aromatic rings. The number of carbonyl (C=O) groups is 1. The summed E-state index contributed by atoms with van der Waals surface area (Å²) in [6, 6.07) is 0. The lowest BCUT2D eigenvalue weighted by molar-refractivity contribution is -0.141. The molecule has 11 heteroatoms. The number of rotatable bonds is 5. The summed E-state index contributed by atoms with van der Waals surface area (Å²) in [6.07, 6.45) is 2.17. The van der Waals surface area contributed by atoms with Crippen molar-refractivity contribution in [2.45, 2.75) is 50.7 Å². The number of aromatic nitrogens is 4. The Labute approximate surface area is 190 Å². The molecule has 5 rings (SSSR count). The molecule has 33 heavy (non-hydrogen) atoms. The van der Waals surface area contributed by atoms with Crippen molar-refractivity contribution < 1.29 is 18.0 Å². The van der Waals surface area contributed by atoms with Crippen LogP contribution in [0.25, 0.3) is 0 Å². The van der Waals surface area contributed by atoms with Crippen molar-refractivity contribution in [3.63, 3.8) is 0 Å². The Balaban J connectivity index is 1.31. The number of fused-ring (bicyclic) bond motifs is 1. The van der Waals surface area contributed by atoms with Gasteiger partial charge in [0.25, 0.3) is 0 Å². The highest BCUT2D eigenvalue weighted by Crippen LogP contribution is 2.35. The van der Waals surface area contributed by atoms with Crippen molar-refractivity contribution in [2.75, 3.05) is 49.5 Å². The van der Waals surface area contributed by atoms with E-state index in [-0.39, 0.29) is 18.2 Å². The molecule has 2 aromatic heterocycles. The van der Waals surface area contributed by atoms with Crippen LogP contribution in [-0.2, 0) is 23.9 Å². The van der Waals surface area contributed by atoms with Crippen LogP contribution in [0.3, 0.4) is 0 Å². The van der Waals surface area contributed by atoms with E-state index in [1.54, 1.807) is 4.57 Å². The van der Waals surface area contributed by atoms with Crippen molar-refractivity contribution >= 4 is 17.4 Å². The van der Waals surface area contributed by atoms with Gasteiger partial charge in [-0.15, -0.1) is 0 Å². The van der Waals surface area contributed by atoms with Gasteiger partial charge in [0.05, 0.1) is 6.54 Å². The number of piperidine rings is 1. The molecule has 0 aliphatic carbocycles. The molecule has 0 atom stereocenters. The lowest BCUT2D eigenvalue weighted by atomic mass is 9.95. The van der Waals surface area contributed by atoms with E-state index in [1.807, 2.05) is 0 Å². The summed E-state index contributed by atoms with van der Waals surface area (Å²) in [5, 5.41) is 3.04. The molecule has 0 unspecified atom stereocenters. The SMILES string of the molecule is O=C1CNc2ncnc(N3CCC(c4nc(C(F)(F)F)cn4CCN4CCCC4)CC3)c2C1. The minimum absolute atomic E-state index is 0.0478. The van der Waals surface area contributed by atoms with Gasteiger partial charge in [-0.05, 0) is 38.8 Å². The Bertz CT molecular complexity index is 1010. The second kappa shape index (κ2) is 8.92. The number of halogens is 3. The van der Waals surface area contributed by atoms with Crippen LogP contribution in [0.2, 0.25) is 0 Å². The molecule has 0 amide bonds. The normalized spacial score (nSPS) is 20.2. The lowest BCUT2D eigenvalue weighted by Gasteiger charge is -2.34. The number of hydrogen-bond acceptors (Lipinski definition) is 7. The van der Waals surface area contributed by atoms with Gasteiger partial charge in [-0.2, -0.15) is 13.2 Å². The zero-order valence-corrected chi connectivity index (χ0v) is 18.4. The van der Waals surface area contributed by atoms with Crippen LogP contribution in [0.5, 0.6) is 0 Å². The zero-order chi connectivity index (χ0) is 23.0. The highest BCUT2D eigenvalue weighted by molar-refractivity contribution is 5.90. The monoisotopic (exact) mass is 463 g/mol. The van der Waals surface area contributed by atoms with Crippen molar-refractivity contribution in [3.8, 4) is 0 Å². The fraction of sp³-hybridized carbons (Fsp3) is 0.636. The predicted octanol–water partition coefficient (Wildman–Crippen LogP) is 2.71. The van der Waals surface area contributed by atoms with Crippen LogP contribution in [0.15, 0.2) is 12.5 Å². The van der Waals surface area contributed by atoms with E-state index in [4.69, 9.17) is 0 Å². The molecule has 2 saturated heterocycles. The fourth-order valence-electron chi connectivity index (χ4n) is 5.11. The first-order valence-corrected chi connectivity index (χ1v) is 11.6. The van der Waals surface area contributed by atoms with Crippen molar-refractivity contribution in [1.82, 2.24) is 24.4 Å². The highest BCUT2D eigenvalue weighted by Gasteiger charge is 2.37. The summed E-state index contributed by atoms with van der Waals surface area (Å²) in [6.45, 7) is 4.84. The Morgan fingerprint density at radius 1 is 1.06 bits per heavy atom. The molecular formula is C22H28F3N7O. The summed E-state index contributed by atoms with van der Waals surface area (Å²) in [4.78, 5) is 29.1. The first-order valence-electron chi connectivity index (χ1n) is 11.6. The quantitative estimate of drug-likeness (QED) is 0.731. The number of nitrogens with zero attached hydrogens (tertiary/aromatic N) is 6. The molecule has 8 nitrogen and oxygen atoms in total. The predicted molar refractivity (Wildman–Crippen MR) is 116 cm³/mol. The highest BCUT2D eigenvalue weighted by atomic mass is 19.4. The molecule has 0 spiro atoms. The first-order chi connectivity index (χ1) is 15.9. The van der Waals surface area contributed by atoms with Gasteiger partial charge in [-0.3, -0.25) is 4.79 Å². The van der Waals surface area contributed by atoms with Gasteiger partial charge in [0.2, 0.25) is 0 Å². The van der Waals surface area contributed by atoms with Crippen LogP contribution in [-0.4, -0.2) is 69.5 Å². The van der Waals surface area contributed by atoms with Gasteiger partial charge in [0.15, 0.2) is 11.5 Å². The number of alkyl halides is 3. The largest absolute Gasteiger partial charge is 0.434 e. The number of imidazole rings is 1. The van der Waals surface area contributed by atoms with Gasteiger partial charge < -0.3 is 19.7 Å². The van der Waals surface area contributed by atoms with Gasteiger partial charge in [-0.1, -0.05) is 0 Å². The molecule has 178 valence electrons. The molecule has 0 aromatic carbocycles. The maximum absolute atomic E-state index is 13.4. The van der Waals surface area contributed by atoms with Crippen molar-refractivity contribution in [2.24, 2.45) is 0 Å². The molecule has 5 heterocycles. The average Bonchev–Trinajstić information content (AvgIpc) is 3.47. The van der Waals surface area contributed by atoms with Crippen molar-refractivity contribution in [1.29, 1.82) is 0 Å². The second-order valence-electron chi connectivity index (χ2n) is 9.08. The number of nitrogens with one attached hydrogen (secondary N) is 1. The van der Waals surface area contributed by atoms with Crippen LogP contribution in [0, 0.1) is 0 Å². The van der Waals surface area contributed by atoms with E-state index in [9.17, 15) is 18.0 Å². The van der Waals surface area contributed by atoms with Crippen LogP contribution in [0.4, 0.5) is 24.8 Å². The number of likely N-dealkylation sites (tertiary alicyclic amines) is 1. The van der Waals surface area contributed by atoms with Crippen LogP contribution < -0.4 is 10.2 Å². The minimum atomic E-state index is -4.45. The Hall–Kier alpha value is -2.69. The molecule has 3 aliphatic rings. The molecule has 2 fully saturated rings. The third-order valence-electron chi connectivity index (χ3n) is 6.86. The number of carbonyl (C=O) groups excluding carboxylic acids is 1. The Kier molecular flexibility index (Phi) is 5.98. The maximum atomic E-state index is 13.4. The van der Waals surface area contributed by atoms with Gasteiger partial charge in [-0.25, -0.2) is 15.0 Å². The van der Waals surface area contributed by atoms with Crippen LogP contribution in [0.1, 0.15) is 48.7 Å². The molecular weight excluding hydrogens is 435 g/mol. The number of ketones is 1. The summed E-state index contributed by atoms with van der Waals surface area (Å²) in [7, 11) is 0. The Morgan fingerprint density at radius 2 is 1.82 bits per heavy atom. The van der Waals surface area contributed by atoms with E-state index in [2.05, 4.69) is 30.1 Å². The summed E-state index contributed by atoms with van der Waals surface area (Å²) in [5.41, 5.74) is -0.00511. The van der Waals surface area contributed by atoms with Crippen LogP contribution >= 0.6 is 0 Å². The van der Waals surface area contributed by atoms with E-state index >= 15 is 0 Å². The Morgan fingerprint density at radius 3 is 2.55 bits per heavy atom. The van der Waals surface area contributed by atoms with E-state index in [0.717, 1.165) is 43.9 Å². The number of anilines is 2. The zero-order valence-electron chi connectivity index (χ0n) is 18.4. The molecule has 3 aliphatic heterocycles. The minimum Gasteiger partial charge on any atom is -0.363 e. The van der Waals surface area contributed by atoms with E-state index in [1.165, 1.54) is 12.5 Å². The molecule has 0 bridgehead atoms. The maximum Gasteiger partial charge on any atom is 0.434 e. The van der Waals surface area contributed by atoms with E-state index < -0.39 is 11.9 Å². The number of Topliss-reactive ketones (excluding diaryl/α,β-unsaturated/α-hetero) is 1. The summed E-state index contributed by atoms with van der Waals surface area (Å²) < 4.78 is 42.0. The molecule has 1 N–H and O–H groups in total. The van der Waals surface area contributed by atoms with Crippen molar-refractivity contribution in [3.05, 3.63) is 29.6 Å². The van der Waals surface area contributed by atoms with Gasteiger partial charge in [0.1, 0.15) is 23.8 Å². The van der Waals surface area contributed by atoms with Gasteiger partial charge in [0, 0.05) is 50.3 Å². The third-order valence-corrected chi connectivity index (χ3v) is 6.86. The number of hydrogen-bond donors (Lipinski definition) is 1. The third kappa shape index (κ3) is 4.68. The average molecular weight is 464 g/mol. The second-order valence-corrected chi connectivity index (χ2v) is 9.08. The molecule has 0 radical (unpaired) electrons. The van der Waals surface area contributed by atoms with E-state index in [0.29, 0.717) is 50.5 Å². The van der Waals surface area contributed by atoms with Gasteiger partial charge >= 0.3 is 6.18 Å². The fourth-order valence-corrected chi connectivity index (χ4v) is 5.11. The smallest absolute Gasteiger partial charge is 0.363 e.